The van der Waals surface area contributed by atoms with Crippen molar-refractivity contribution in [3.8, 4) is 11.3 Å². The molecule has 0 saturated heterocycles. The predicted octanol–water partition coefficient (Wildman–Crippen LogP) is 4.28. The highest BCUT2D eigenvalue weighted by Gasteiger charge is 2.06. The fraction of sp³-hybridized carbons (Fsp3) is 0.222. The van der Waals surface area contributed by atoms with Gasteiger partial charge >= 0.3 is 0 Å². The fourth-order valence-electron chi connectivity index (χ4n) is 2.21. The van der Waals surface area contributed by atoms with Gasteiger partial charge in [-0.25, -0.2) is 4.99 Å². The van der Waals surface area contributed by atoms with Crippen LogP contribution < -0.4 is 10.6 Å². The van der Waals surface area contributed by atoms with Crippen LogP contribution in [0.5, 0.6) is 0 Å². The van der Waals surface area contributed by atoms with E-state index in [1.54, 1.807) is 11.3 Å². The SMILES string of the molecule is CCNC(=NCc1cc(-c2ccccc2)on1)NCc1cccs1.I. The molecule has 3 rings (SSSR count). The number of thiophene rings is 1. The van der Waals surface area contributed by atoms with Crippen molar-refractivity contribution in [2.24, 2.45) is 4.99 Å². The number of guanidine groups is 1. The van der Waals surface area contributed by atoms with Gasteiger partial charge in [0.15, 0.2) is 11.7 Å². The molecule has 2 heterocycles. The van der Waals surface area contributed by atoms with E-state index in [9.17, 15) is 0 Å². The van der Waals surface area contributed by atoms with Crippen LogP contribution in [-0.2, 0) is 13.1 Å². The van der Waals surface area contributed by atoms with E-state index >= 15 is 0 Å². The van der Waals surface area contributed by atoms with Crippen LogP contribution in [0.3, 0.4) is 0 Å². The molecule has 5 nitrogen and oxygen atoms in total. The van der Waals surface area contributed by atoms with Gasteiger partial charge in [-0.15, -0.1) is 35.3 Å². The van der Waals surface area contributed by atoms with Gasteiger partial charge in [-0.2, -0.15) is 0 Å². The number of benzene rings is 1. The van der Waals surface area contributed by atoms with Gasteiger partial charge in [0.1, 0.15) is 5.69 Å². The van der Waals surface area contributed by atoms with Gasteiger partial charge in [0.2, 0.25) is 0 Å². The quantitative estimate of drug-likeness (QED) is 0.322. The van der Waals surface area contributed by atoms with Crippen LogP contribution in [0.15, 0.2) is 63.4 Å². The number of halogens is 1. The molecule has 132 valence electrons. The molecule has 0 aliphatic rings. The second-order valence-corrected chi connectivity index (χ2v) is 6.21. The Balaban J connectivity index is 0.00000225. The molecular weight excluding hydrogens is 447 g/mol. The largest absolute Gasteiger partial charge is 0.357 e. The summed E-state index contributed by atoms with van der Waals surface area (Å²) < 4.78 is 5.40. The van der Waals surface area contributed by atoms with Crippen molar-refractivity contribution < 1.29 is 4.52 Å². The Kier molecular flexibility index (Phi) is 7.93. The number of aromatic nitrogens is 1. The smallest absolute Gasteiger partial charge is 0.191 e. The van der Waals surface area contributed by atoms with E-state index in [1.807, 2.05) is 49.4 Å². The van der Waals surface area contributed by atoms with E-state index in [0.717, 1.165) is 36.1 Å². The van der Waals surface area contributed by atoms with E-state index in [4.69, 9.17) is 4.52 Å². The van der Waals surface area contributed by atoms with Crippen LogP contribution in [0, 0.1) is 0 Å². The van der Waals surface area contributed by atoms with Gasteiger partial charge in [-0.05, 0) is 18.4 Å². The van der Waals surface area contributed by atoms with Crippen LogP contribution in [0.2, 0.25) is 0 Å². The minimum atomic E-state index is 0. The first kappa shape index (κ1) is 19.5. The van der Waals surface area contributed by atoms with E-state index < -0.39 is 0 Å². The molecule has 0 spiro atoms. The maximum atomic E-state index is 5.40. The third-order valence-corrected chi connectivity index (χ3v) is 4.25. The molecule has 0 aliphatic carbocycles. The summed E-state index contributed by atoms with van der Waals surface area (Å²) >= 11 is 1.73. The third-order valence-electron chi connectivity index (χ3n) is 3.37. The topological polar surface area (TPSA) is 62.5 Å². The fourth-order valence-corrected chi connectivity index (χ4v) is 2.86. The van der Waals surface area contributed by atoms with Gasteiger partial charge in [0.25, 0.3) is 0 Å². The minimum absolute atomic E-state index is 0. The van der Waals surface area contributed by atoms with E-state index in [0.29, 0.717) is 6.54 Å². The van der Waals surface area contributed by atoms with Gasteiger partial charge in [0.05, 0.1) is 13.1 Å². The molecule has 0 unspecified atom stereocenters. The Labute approximate surface area is 168 Å². The Bertz CT molecular complexity index is 771. The molecule has 0 saturated carbocycles. The van der Waals surface area contributed by atoms with Crippen molar-refractivity contribution >= 4 is 41.3 Å². The average Bonchev–Trinajstić information content (AvgIpc) is 3.30. The highest BCUT2D eigenvalue weighted by atomic mass is 127. The lowest BCUT2D eigenvalue weighted by Gasteiger charge is -2.09. The van der Waals surface area contributed by atoms with Gasteiger partial charge in [0, 0.05) is 23.1 Å². The summed E-state index contributed by atoms with van der Waals surface area (Å²) in [7, 11) is 0. The van der Waals surface area contributed by atoms with Crippen LogP contribution in [0.25, 0.3) is 11.3 Å². The highest BCUT2D eigenvalue weighted by molar-refractivity contribution is 14.0. The van der Waals surface area contributed by atoms with Gasteiger partial charge < -0.3 is 15.2 Å². The first-order chi connectivity index (χ1) is 11.8. The van der Waals surface area contributed by atoms with Crippen molar-refractivity contribution in [1.29, 1.82) is 0 Å². The zero-order valence-electron chi connectivity index (χ0n) is 13.9. The third kappa shape index (κ3) is 5.86. The van der Waals surface area contributed by atoms with Crippen molar-refractivity contribution in [3.05, 3.63) is 64.5 Å². The summed E-state index contributed by atoms with van der Waals surface area (Å²) in [6.45, 7) is 4.09. The maximum absolute atomic E-state index is 5.40. The molecule has 3 aromatic rings. The molecule has 0 radical (unpaired) electrons. The van der Waals surface area contributed by atoms with E-state index in [1.165, 1.54) is 4.88 Å². The lowest BCUT2D eigenvalue weighted by molar-refractivity contribution is 0.424. The standard InChI is InChI=1S/C18H20N4OS.HI/c1-2-19-18(21-13-16-9-6-10-24-16)20-12-15-11-17(23-22-15)14-7-4-3-5-8-14;/h3-11H,2,12-13H2,1H3,(H2,19,20,21);1H. The summed E-state index contributed by atoms with van der Waals surface area (Å²) in [6, 6.07) is 16.0. The van der Waals surface area contributed by atoms with Crippen molar-refractivity contribution in [2.75, 3.05) is 6.54 Å². The first-order valence-corrected chi connectivity index (χ1v) is 8.78. The highest BCUT2D eigenvalue weighted by Crippen LogP contribution is 2.19. The second-order valence-electron chi connectivity index (χ2n) is 5.18. The summed E-state index contributed by atoms with van der Waals surface area (Å²) in [4.78, 5) is 5.84. The average molecular weight is 468 g/mol. The first-order valence-electron chi connectivity index (χ1n) is 7.90. The Morgan fingerprint density at radius 2 is 2.00 bits per heavy atom. The summed E-state index contributed by atoms with van der Waals surface area (Å²) in [5, 5.41) is 12.7. The van der Waals surface area contributed by atoms with Crippen LogP contribution in [0.1, 0.15) is 17.5 Å². The Morgan fingerprint density at radius 3 is 2.72 bits per heavy atom. The number of hydrogen-bond acceptors (Lipinski definition) is 4. The Morgan fingerprint density at radius 1 is 1.16 bits per heavy atom. The lowest BCUT2D eigenvalue weighted by atomic mass is 10.2. The normalized spacial score (nSPS) is 11.0. The number of nitrogens with one attached hydrogen (secondary N) is 2. The maximum Gasteiger partial charge on any atom is 0.191 e. The van der Waals surface area contributed by atoms with Crippen LogP contribution in [0.4, 0.5) is 0 Å². The molecule has 0 aliphatic heterocycles. The molecule has 7 heteroatoms. The summed E-state index contributed by atoms with van der Waals surface area (Å²) in [5.74, 6) is 1.53. The number of aliphatic imine (C=N–C) groups is 1. The summed E-state index contributed by atoms with van der Waals surface area (Å²) in [5.41, 5.74) is 1.82. The molecule has 0 atom stereocenters. The Hall–Kier alpha value is -1.87. The zero-order valence-corrected chi connectivity index (χ0v) is 17.1. The minimum Gasteiger partial charge on any atom is -0.357 e. The van der Waals surface area contributed by atoms with Gasteiger partial charge in [-0.3, -0.25) is 0 Å². The summed E-state index contributed by atoms with van der Waals surface area (Å²) in [6.07, 6.45) is 0. The van der Waals surface area contributed by atoms with Crippen molar-refractivity contribution in [1.82, 2.24) is 15.8 Å². The zero-order chi connectivity index (χ0) is 16.6. The molecule has 2 aromatic heterocycles. The number of nitrogens with zero attached hydrogens (tertiary/aromatic N) is 2. The second kappa shape index (κ2) is 10.2. The number of hydrogen-bond donors (Lipinski definition) is 2. The van der Waals surface area contributed by atoms with Crippen LogP contribution in [-0.4, -0.2) is 17.7 Å². The van der Waals surface area contributed by atoms with E-state index in [-0.39, 0.29) is 24.0 Å². The van der Waals surface area contributed by atoms with Crippen molar-refractivity contribution in [3.63, 3.8) is 0 Å². The molecule has 0 bridgehead atoms. The molecule has 25 heavy (non-hydrogen) atoms. The van der Waals surface area contributed by atoms with E-state index in [2.05, 4.69) is 32.2 Å². The molecular formula is C18H21IN4OS. The van der Waals surface area contributed by atoms with Crippen LogP contribution >= 0.6 is 35.3 Å². The lowest BCUT2D eigenvalue weighted by Crippen LogP contribution is -2.36. The monoisotopic (exact) mass is 468 g/mol. The predicted molar refractivity (Wildman–Crippen MR) is 113 cm³/mol. The van der Waals surface area contributed by atoms with Gasteiger partial charge in [-0.1, -0.05) is 41.6 Å². The molecule has 0 amide bonds. The molecule has 0 fully saturated rings. The van der Waals surface area contributed by atoms with Crippen molar-refractivity contribution in [2.45, 2.75) is 20.0 Å². The molecule has 1 aromatic carbocycles. The molecule has 2 N–H and O–H groups in total. The number of rotatable bonds is 6.